The summed E-state index contributed by atoms with van der Waals surface area (Å²) in [5.74, 6) is 0. The molecule has 0 aromatic heterocycles. The molecular formula is C9H14N2O2. The smallest absolute Gasteiger partial charge is 0.158 e. The molecule has 0 amide bonds. The SMILES string of the molecule is COC(O)Cc1cccc(N)c1N. The van der Waals surface area contributed by atoms with Crippen molar-refractivity contribution < 1.29 is 9.84 Å². The molecule has 0 aliphatic rings. The van der Waals surface area contributed by atoms with E-state index >= 15 is 0 Å². The van der Waals surface area contributed by atoms with Crippen molar-refractivity contribution in [3.63, 3.8) is 0 Å². The Morgan fingerprint density at radius 3 is 2.77 bits per heavy atom. The van der Waals surface area contributed by atoms with Gasteiger partial charge in [0.15, 0.2) is 6.29 Å². The number of methoxy groups -OCH3 is 1. The predicted molar refractivity (Wildman–Crippen MR) is 52.0 cm³/mol. The van der Waals surface area contributed by atoms with Crippen LogP contribution in [-0.2, 0) is 11.2 Å². The molecule has 4 heteroatoms. The number of hydrogen-bond acceptors (Lipinski definition) is 4. The zero-order chi connectivity index (χ0) is 9.84. The summed E-state index contributed by atoms with van der Waals surface area (Å²) in [7, 11) is 1.44. The Kier molecular flexibility index (Phi) is 3.11. The second-order valence-corrected chi connectivity index (χ2v) is 2.81. The third kappa shape index (κ3) is 2.34. The van der Waals surface area contributed by atoms with Crippen molar-refractivity contribution in [2.75, 3.05) is 18.6 Å². The predicted octanol–water partition coefficient (Wildman–Crippen LogP) is 0.358. The van der Waals surface area contributed by atoms with Crippen LogP contribution >= 0.6 is 0 Å². The largest absolute Gasteiger partial charge is 0.397 e. The van der Waals surface area contributed by atoms with Crippen molar-refractivity contribution in [1.29, 1.82) is 0 Å². The zero-order valence-corrected chi connectivity index (χ0v) is 7.53. The van der Waals surface area contributed by atoms with Gasteiger partial charge in [-0.15, -0.1) is 0 Å². The molecule has 5 N–H and O–H groups in total. The van der Waals surface area contributed by atoms with Crippen LogP contribution in [0, 0.1) is 0 Å². The average molecular weight is 182 g/mol. The molecule has 1 unspecified atom stereocenters. The lowest BCUT2D eigenvalue weighted by molar-refractivity contribution is -0.0719. The van der Waals surface area contributed by atoms with Crippen molar-refractivity contribution in [3.8, 4) is 0 Å². The standard InChI is InChI=1S/C9H14N2O2/c1-13-8(12)5-6-3-2-4-7(10)9(6)11/h2-4,8,12H,5,10-11H2,1H3. The Labute approximate surface area is 77.1 Å². The van der Waals surface area contributed by atoms with Crippen molar-refractivity contribution in [2.24, 2.45) is 0 Å². The van der Waals surface area contributed by atoms with Gasteiger partial charge in [0.05, 0.1) is 11.4 Å². The maximum atomic E-state index is 9.21. The average Bonchev–Trinajstić information content (AvgIpc) is 2.13. The number of para-hydroxylation sites is 1. The van der Waals surface area contributed by atoms with Gasteiger partial charge in [0, 0.05) is 13.5 Å². The Morgan fingerprint density at radius 1 is 1.46 bits per heavy atom. The molecule has 4 nitrogen and oxygen atoms in total. The van der Waals surface area contributed by atoms with Crippen molar-refractivity contribution in [3.05, 3.63) is 23.8 Å². The quantitative estimate of drug-likeness (QED) is 0.465. The Bertz CT molecular complexity index is 289. The number of nitrogen functional groups attached to an aromatic ring is 2. The third-order valence-corrected chi connectivity index (χ3v) is 1.90. The first kappa shape index (κ1) is 9.83. The molecule has 0 saturated carbocycles. The van der Waals surface area contributed by atoms with Crippen molar-refractivity contribution in [1.82, 2.24) is 0 Å². The molecule has 13 heavy (non-hydrogen) atoms. The first-order valence-corrected chi connectivity index (χ1v) is 3.99. The van der Waals surface area contributed by atoms with E-state index in [0.717, 1.165) is 5.56 Å². The van der Waals surface area contributed by atoms with E-state index < -0.39 is 6.29 Å². The van der Waals surface area contributed by atoms with Gasteiger partial charge in [-0.25, -0.2) is 0 Å². The zero-order valence-electron chi connectivity index (χ0n) is 7.53. The summed E-state index contributed by atoms with van der Waals surface area (Å²) in [4.78, 5) is 0. The van der Waals surface area contributed by atoms with Crippen molar-refractivity contribution in [2.45, 2.75) is 12.7 Å². The van der Waals surface area contributed by atoms with Gasteiger partial charge in [-0.3, -0.25) is 0 Å². The summed E-state index contributed by atoms with van der Waals surface area (Å²) < 4.78 is 4.71. The molecule has 1 aromatic rings. The first-order valence-electron chi connectivity index (χ1n) is 3.99. The van der Waals surface area contributed by atoms with E-state index in [-0.39, 0.29) is 0 Å². The molecule has 1 aromatic carbocycles. The highest BCUT2D eigenvalue weighted by atomic mass is 16.6. The number of rotatable bonds is 3. The van der Waals surface area contributed by atoms with E-state index in [2.05, 4.69) is 0 Å². The maximum absolute atomic E-state index is 9.21. The Balaban J connectivity index is 2.83. The number of hydrogen-bond donors (Lipinski definition) is 3. The molecule has 1 atom stereocenters. The van der Waals surface area contributed by atoms with Crippen LogP contribution in [0.15, 0.2) is 18.2 Å². The topological polar surface area (TPSA) is 81.5 Å². The molecule has 0 aliphatic heterocycles. The molecule has 0 saturated heterocycles. The molecule has 72 valence electrons. The minimum atomic E-state index is -0.830. The lowest BCUT2D eigenvalue weighted by Crippen LogP contribution is -2.14. The van der Waals surface area contributed by atoms with E-state index in [9.17, 15) is 5.11 Å². The monoisotopic (exact) mass is 182 g/mol. The highest BCUT2D eigenvalue weighted by Crippen LogP contribution is 2.20. The fraction of sp³-hybridized carbons (Fsp3) is 0.333. The van der Waals surface area contributed by atoms with E-state index in [0.29, 0.717) is 17.8 Å². The fourth-order valence-electron chi connectivity index (χ4n) is 1.08. The second-order valence-electron chi connectivity index (χ2n) is 2.81. The number of anilines is 2. The number of benzene rings is 1. The summed E-state index contributed by atoms with van der Waals surface area (Å²) >= 11 is 0. The van der Waals surface area contributed by atoms with Crippen LogP contribution in [0.4, 0.5) is 11.4 Å². The molecular weight excluding hydrogens is 168 g/mol. The molecule has 0 spiro atoms. The van der Waals surface area contributed by atoms with Crippen LogP contribution in [0.5, 0.6) is 0 Å². The molecule has 1 rings (SSSR count). The Morgan fingerprint density at radius 2 is 2.15 bits per heavy atom. The number of ether oxygens (including phenoxy) is 1. The fourth-order valence-corrected chi connectivity index (χ4v) is 1.08. The summed E-state index contributed by atoms with van der Waals surface area (Å²) in [6.07, 6.45) is -0.475. The molecule has 0 radical (unpaired) electrons. The van der Waals surface area contributed by atoms with Gasteiger partial charge in [0.2, 0.25) is 0 Å². The molecule has 0 heterocycles. The van der Waals surface area contributed by atoms with E-state index in [1.54, 1.807) is 12.1 Å². The highest BCUT2D eigenvalue weighted by Gasteiger charge is 2.07. The summed E-state index contributed by atoms with van der Waals surface area (Å²) in [5.41, 5.74) is 13.1. The van der Waals surface area contributed by atoms with E-state index in [1.807, 2.05) is 6.07 Å². The van der Waals surface area contributed by atoms with E-state index in [4.69, 9.17) is 16.2 Å². The van der Waals surface area contributed by atoms with Crippen LogP contribution in [0.25, 0.3) is 0 Å². The van der Waals surface area contributed by atoms with Gasteiger partial charge in [0.25, 0.3) is 0 Å². The summed E-state index contributed by atoms with van der Waals surface area (Å²) in [6, 6.07) is 5.33. The Hall–Kier alpha value is -1.26. The normalized spacial score (nSPS) is 12.8. The minimum Gasteiger partial charge on any atom is -0.397 e. The van der Waals surface area contributed by atoms with Gasteiger partial charge < -0.3 is 21.3 Å². The maximum Gasteiger partial charge on any atom is 0.158 e. The van der Waals surface area contributed by atoms with Gasteiger partial charge >= 0.3 is 0 Å². The number of aliphatic hydroxyl groups is 1. The van der Waals surface area contributed by atoms with Gasteiger partial charge in [-0.1, -0.05) is 12.1 Å². The van der Waals surface area contributed by atoms with Crippen LogP contribution in [0.2, 0.25) is 0 Å². The third-order valence-electron chi connectivity index (χ3n) is 1.90. The van der Waals surface area contributed by atoms with Crippen LogP contribution in [0.1, 0.15) is 5.56 Å². The number of nitrogens with two attached hydrogens (primary N) is 2. The molecule has 0 fully saturated rings. The number of aliphatic hydroxyl groups excluding tert-OH is 1. The summed E-state index contributed by atoms with van der Waals surface area (Å²) in [5, 5.41) is 9.21. The minimum absolute atomic E-state index is 0.355. The van der Waals surface area contributed by atoms with Crippen LogP contribution in [0.3, 0.4) is 0 Å². The lowest BCUT2D eigenvalue weighted by Gasteiger charge is -2.11. The van der Waals surface area contributed by atoms with E-state index in [1.165, 1.54) is 7.11 Å². The summed E-state index contributed by atoms with van der Waals surface area (Å²) in [6.45, 7) is 0. The van der Waals surface area contributed by atoms with Gasteiger partial charge in [-0.2, -0.15) is 0 Å². The first-order chi connectivity index (χ1) is 6.15. The highest BCUT2D eigenvalue weighted by molar-refractivity contribution is 5.67. The van der Waals surface area contributed by atoms with Gasteiger partial charge in [-0.05, 0) is 11.6 Å². The molecule has 0 aliphatic carbocycles. The van der Waals surface area contributed by atoms with Crippen molar-refractivity contribution >= 4 is 11.4 Å². The van der Waals surface area contributed by atoms with Crippen LogP contribution < -0.4 is 11.5 Å². The van der Waals surface area contributed by atoms with Gasteiger partial charge in [0.1, 0.15) is 0 Å². The second kappa shape index (κ2) is 4.11. The molecule has 0 bridgehead atoms. The van der Waals surface area contributed by atoms with Crippen LogP contribution in [-0.4, -0.2) is 18.5 Å². The lowest BCUT2D eigenvalue weighted by atomic mass is 10.1.